The van der Waals surface area contributed by atoms with Gasteiger partial charge >= 0.3 is 0 Å². The van der Waals surface area contributed by atoms with Crippen LogP contribution in [0.3, 0.4) is 0 Å². The third-order valence-corrected chi connectivity index (χ3v) is 4.15. The Morgan fingerprint density at radius 1 is 1.24 bits per heavy atom. The number of rotatable bonds is 5. The molecule has 0 aliphatic carbocycles. The van der Waals surface area contributed by atoms with Crippen LogP contribution in [0.4, 0.5) is 5.69 Å². The molecule has 0 spiro atoms. The van der Waals surface area contributed by atoms with Gasteiger partial charge in [0, 0.05) is 17.3 Å². The fourth-order valence-electron chi connectivity index (χ4n) is 2.68. The Morgan fingerprint density at radius 3 is 2.68 bits per heavy atom. The smallest absolute Gasteiger partial charge is 0.262 e. The van der Waals surface area contributed by atoms with Gasteiger partial charge in [-0.25, -0.2) is 4.68 Å². The lowest BCUT2D eigenvalue weighted by Gasteiger charge is -2.21. The van der Waals surface area contributed by atoms with Gasteiger partial charge in [-0.15, -0.1) is 6.58 Å². The summed E-state index contributed by atoms with van der Waals surface area (Å²) >= 11 is 6.06. The lowest BCUT2D eigenvalue weighted by molar-refractivity contribution is 0.0989. The van der Waals surface area contributed by atoms with Gasteiger partial charge in [0.15, 0.2) is 0 Å². The maximum atomic E-state index is 13.1. The average Bonchev–Trinajstić information content (AvgIpc) is 3.01. The van der Waals surface area contributed by atoms with Crippen LogP contribution in [0.5, 0.6) is 0 Å². The summed E-state index contributed by atoms with van der Waals surface area (Å²) in [5.41, 5.74) is 2.95. The fraction of sp³-hybridized carbons (Fsp3) is 0.100. The van der Waals surface area contributed by atoms with Gasteiger partial charge in [0.25, 0.3) is 5.91 Å². The lowest BCUT2D eigenvalue weighted by atomic mass is 10.2. The van der Waals surface area contributed by atoms with Crippen molar-refractivity contribution in [2.75, 3.05) is 11.4 Å². The number of anilines is 1. The summed E-state index contributed by atoms with van der Waals surface area (Å²) in [5.74, 6) is -0.114. The molecule has 0 aliphatic heterocycles. The van der Waals surface area contributed by atoms with Crippen molar-refractivity contribution in [3.05, 3.63) is 89.7 Å². The summed E-state index contributed by atoms with van der Waals surface area (Å²) in [4.78, 5) is 14.7. The van der Waals surface area contributed by atoms with E-state index in [9.17, 15) is 4.79 Å². The van der Waals surface area contributed by atoms with Crippen molar-refractivity contribution in [3.63, 3.8) is 0 Å². The van der Waals surface area contributed by atoms with Gasteiger partial charge in [-0.05, 0) is 37.3 Å². The number of hydrogen-bond acceptors (Lipinski definition) is 2. The zero-order valence-electron chi connectivity index (χ0n) is 13.9. The Morgan fingerprint density at radius 2 is 2.00 bits per heavy atom. The van der Waals surface area contributed by atoms with Gasteiger partial charge in [-0.1, -0.05) is 41.9 Å². The Hall–Kier alpha value is -2.85. The number of amides is 1. The standard InChI is InChI=1S/C20H18ClN3O/c1-3-12-23(17-9-5-4-6-10-17)20(25)19-14-22-24(15(19)2)18-11-7-8-16(21)13-18/h3-11,13-14H,1,12H2,2H3. The van der Waals surface area contributed by atoms with Crippen LogP contribution < -0.4 is 4.90 Å². The molecule has 0 radical (unpaired) electrons. The second kappa shape index (κ2) is 7.36. The lowest BCUT2D eigenvalue weighted by Crippen LogP contribution is -2.31. The van der Waals surface area contributed by atoms with Crippen molar-refractivity contribution in [1.82, 2.24) is 9.78 Å². The number of halogens is 1. The van der Waals surface area contributed by atoms with Crippen LogP contribution >= 0.6 is 11.6 Å². The normalized spacial score (nSPS) is 10.5. The van der Waals surface area contributed by atoms with Crippen molar-refractivity contribution in [1.29, 1.82) is 0 Å². The van der Waals surface area contributed by atoms with E-state index in [1.54, 1.807) is 27.9 Å². The van der Waals surface area contributed by atoms with Gasteiger partial charge in [0.2, 0.25) is 0 Å². The molecular formula is C20H18ClN3O. The third-order valence-electron chi connectivity index (χ3n) is 3.92. The molecule has 0 unspecified atom stereocenters. The first kappa shape index (κ1) is 17.0. The Balaban J connectivity index is 1.98. The first-order valence-electron chi connectivity index (χ1n) is 7.90. The molecule has 2 aromatic carbocycles. The van der Waals surface area contributed by atoms with Gasteiger partial charge in [0.05, 0.1) is 23.1 Å². The molecule has 1 amide bonds. The number of aromatic nitrogens is 2. The quantitative estimate of drug-likeness (QED) is 0.627. The maximum Gasteiger partial charge on any atom is 0.262 e. The van der Waals surface area contributed by atoms with E-state index in [2.05, 4.69) is 11.7 Å². The highest BCUT2D eigenvalue weighted by Gasteiger charge is 2.21. The molecule has 1 heterocycles. The summed E-state index contributed by atoms with van der Waals surface area (Å²) in [5, 5.41) is 4.99. The summed E-state index contributed by atoms with van der Waals surface area (Å²) in [6.45, 7) is 6.05. The SMILES string of the molecule is C=CCN(C(=O)c1cnn(-c2cccc(Cl)c2)c1C)c1ccccc1. The number of benzene rings is 2. The summed E-state index contributed by atoms with van der Waals surface area (Å²) in [7, 11) is 0. The molecule has 0 saturated heterocycles. The average molecular weight is 352 g/mol. The molecule has 0 N–H and O–H groups in total. The second-order valence-corrected chi connectivity index (χ2v) is 6.01. The minimum atomic E-state index is -0.114. The minimum Gasteiger partial charge on any atom is -0.304 e. The molecular weight excluding hydrogens is 334 g/mol. The largest absolute Gasteiger partial charge is 0.304 e. The fourth-order valence-corrected chi connectivity index (χ4v) is 2.86. The number of carbonyl (C=O) groups is 1. The molecule has 0 fully saturated rings. The Bertz CT molecular complexity index is 902. The van der Waals surface area contributed by atoms with E-state index in [1.165, 1.54) is 0 Å². The second-order valence-electron chi connectivity index (χ2n) is 5.58. The maximum absolute atomic E-state index is 13.1. The first-order valence-corrected chi connectivity index (χ1v) is 8.28. The van der Waals surface area contributed by atoms with Crippen LogP contribution in [0.1, 0.15) is 16.1 Å². The minimum absolute atomic E-state index is 0.114. The highest BCUT2D eigenvalue weighted by molar-refractivity contribution is 6.30. The molecule has 0 saturated carbocycles. The van der Waals surface area contributed by atoms with Gasteiger partial charge in [0.1, 0.15) is 0 Å². The van der Waals surface area contributed by atoms with Crippen LogP contribution in [0.2, 0.25) is 5.02 Å². The molecule has 3 rings (SSSR count). The van der Waals surface area contributed by atoms with Crippen molar-refractivity contribution >= 4 is 23.2 Å². The molecule has 1 aromatic heterocycles. The number of hydrogen-bond donors (Lipinski definition) is 0. The molecule has 25 heavy (non-hydrogen) atoms. The number of nitrogens with zero attached hydrogens (tertiary/aromatic N) is 3. The van der Waals surface area contributed by atoms with Crippen LogP contribution in [-0.2, 0) is 0 Å². The van der Waals surface area contributed by atoms with Crippen molar-refractivity contribution in [2.24, 2.45) is 0 Å². The van der Waals surface area contributed by atoms with E-state index in [0.717, 1.165) is 17.1 Å². The topological polar surface area (TPSA) is 38.1 Å². The van der Waals surface area contributed by atoms with E-state index in [1.807, 2.05) is 55.5 Å². The Labute approximate surface area is 152 Å². The van der Waals surface area contributed by atoms with Gasteiger partial charge < -0.3 is 4.90 Å². The van der Waals surface area contributed by atoms with Crippen LogP contribution in [-0.4, -0.2) is 22.2 Å². The summed E-state index contributed by atoms with van der Waals surface area (Å²) in [6.07, 6.45) is 3.30. The van der Waals surface area contributed by atoms with Crippen molar-refractivity contribution in [2.45, 2.75) is 6.92 Å². The van der Waals surface area contributed by atoms with Gasteiger partial charge in [-0.2, -0.15) is 5.10 Å². The summed E-state index contributed by atoms with van der Waals surface area (Å²) in [6, 6.07) is 16.9. The molecule has 126 valence electrons. The number of para-hydroxylation sites is 1. The van der Waals surface area contributed by atoms with Crippen LogP contribution in [0.15, 0.2) is 73.4 Å². The van der Waals surface area contributed by atoms with E-state index in [4.69, 9.17) is 11.6 Å². The molecule has 0 aliphatic rings. The Kier molecular flexibility index (Phi) is 5.00. The van der Waals surface area contributed by atoms with E-state index in [-0.39, 0.29) is 5.91 Å². The highest BCUT2D eigenvalue weighted by atomic mass is 35.5. The van der Waals surface area contributed by atoms with Gasteiger partial charge in [-0.3, -0.25) is 4.79 Å². The zero-order chi connectivity index (χ0) is 17.8. The van der Waals surface area contributed by atoms with Crippen molar-refractivity contribution < 1.29 is 4.79 Å². The van der Waals surface area contributed by atoms with Crippen LogP contribution in [0, 0.1) is 6.92 Å². The molecule has 0 bridgehead atoms. The first-order chi connectivity index (χ1) is 12.1. The van der Waals surface area contributed by atoms with E-state index in [0.29, 0.717) is 17.1 Å². The third kappa shape index (κ3) is 3.49. The number of carbonyl (C=O) groups excluding carboxylic acids is 1. The highest BCUT2D eigenvalue weighted by Crippen LogP contribution is 2.21. The van der Waals surface area contributed by atoms with E-state index >= 15 is 0 Å². The predicted molar refractivity (Wildman–Crippen MR) is 102 cm³/mol. The van der Waals surface area contributed by atoms with Crippen LogP contribution in [0.25, 0.3) is 5.69 Å². The van der Waals surface area contributed by atoms with E-state index < -0.39 is 0 Å². The molecule has 5 heteroatoms. The molecule has 3 aromatic rings. The zero-order valence-corrected chi connectivity index (χ0v) is 14.6. The summed E-state index contributed by atoms with van der Waals surface area (Å²) < 4.78 is 1.72. The molecule has 4 nitrogen and oxygen atoms in total. The van der Waals surface area contributed by atoms with Crippen molar-refractivity contribution in [3.8, 4) is 5.69 Å². The monoisotopic (exact) mass is 351 g/mol. The predicted octanol–water partition coefficient (Wildman–Crippen LogP) is 4.67. The molecule has 0 atom stereocenters.